The zero-order valence-electron chi connectivity index (χ0n) is 18.8. The Balaban J connectivity index is 1.69. The van der Waals surface area contributed by atoms with Gasteiger partial charge in [0.2, 0.25) is 10.0 Å². The third-order valence-electron chi connectivity index (χ3n) is 5.75. The highest BCUT2D eigenvalue weighted by atomic mass is 32.2. The fourth-order valence-corrected chi connectivity index (χ4v) is 5.26. The van der Waals surface area contributed by atoms with Gasteiger partial charge in [0.25, 0.3) is 0 Å². The van der Waals surface area contributed by atoms with Gasteiger partial charge in [0.1, 0.15) is 0 Å². The number of aromatic nitrogens is 4. The molecule has 0 fully saturated rings. The van der Waals surface area contributed by atoms with E-state index in [-0.39, 0.29) is 11.4 Å². The standard InChI is InChI=1S/C25H23N5O3S/c1-3-13-34(32,33)28-19-7-9-20(10-8-19)30-24-21-14-17(18-5-4-12-26-15-18)6-11-22(21)27-16-23(24)29(2)25(30)31/h4-12,14-16,28H,3,13H2,1-2H3. The Hall–Kier alpha value is -3.98. The highest BCUT2D eigenvalue weighted by Crippen LogP contribution is 2.29. The quantitative estimate of drug-likeness (QED) is 0.400. The summed E-state index contributed by atoms with van der Waals surface area (Å²) in [6.45, 7) is 1.81. The lowest BCUT2D eigenvalue weighted by Crippen LogP contribution is -2.21. The summed E-state index contributed by atoms with van der Waals surface area (Å²) in [6.07, 6.45) is 5.75. The van der Waals surface area contributed by atoms with Crippen molar-refractivity contribution in [1.82, 2.24) is 19.1 Å². The van der Waals surface area contributed by atoms with E-state index in [0.29, 0.717) is 23.3 Å². The van der Waals surface area contributed by atoms with Crippen LogP contribution in [0.25, 0.3) is 38.8 Å². The number of pyridine rings is 2. The van der Waals surface area contributed by atoms with Crippen molar-refractivity contribution in [3.05, 3.63) is 83.7 Å². The highest BCUT2D eigenvalue weighted by molar-refractivity contribution is 7.92. The second kappa shape index (κ2) is 8.42. The van der Waals surface area contributed by atoms with Crippen LogP contribution in [0.2, 0.25) is 0 Å². The SMILES string of the molecule is CCCS(=O)(=O)Nc1ccc(-n2c(=O)n(C)c3cnc4ccc(-c5cccnc5)cc4c32)cc1. The summed E-state index contributed by atoms with van der Waals surface area (Å²) >= 11 is 0. The van der Waals surface area contributed by atoms with E-state index in [1.165, 1.54) is 0 Å². The lowest BCUT2D eigenvalue weighted by molar-refractivity contribution is 0.600. The van der Waals surface area contributed by atoms with Crippen molar-refractivity contribution < 1.29 is 8.42 Å². The Labute approximate surface area is 196 Å². The first kappa shape index (κ1) is 21.8. The summed E-state index contributed by atoms with van der Waals surface area (Å²) < 4.78 is 30.0. The van der Waals surface area contributed by atoms with E-state index in [2.05, 4.69) is 14.7 Å². The van der Waals surface area contributed by atoms with Gasteiger partial charge in [0.15, 0.2) is 0 Å². The van der Waals surface area contributed by atoms with Gasteiger partial charge in [-0.1, -0.05) is 19.1 Å². The van der Waals surface area contributed by atoms with Gasteiger partial charge < -0.3 is 0 Å². The second-order valence-electron chi connectivity index (χ2n) is 8.11. The molecule has 5 rings (SSSR count). The van der Waals surface area contributed by atoms with Crippen LogP contribution < -0.4 is 10.4 Å². The summed E-state index contributed by atoms with van der Waals surface area (Å²) in [4.78, 5) is 22.0. The zero-order chi connectivity index (χ0) is 23.9. The molecule has 0 unspecified atom stereocenters. The van der Waals surface area contributed by atoms with Crippen molar-refractivity contribution in [2.45, 2.75) is 13.3 Å². The minimum atomic E-state index is -3.40. The van der Waals surface area contributed by atoms with Crippen molar-refractivity contribution in [3.63, 3.8) is 0 Å². The minimum absolute atomic E-state index is 0.0514. The van der Waals surface area contributed by atoms with Gasteiger partial charge in [-0.15, -0.1) is 0 Å². The molecular formula is C25H23N5O3S. The molecule has 0 radical (unpaired) electrons. The van der Waals surface area contributed by atoms with E-state index < -0.39 is 10.0 Å². The number of sulfonamides is 1. The number of hydrogen-bond donors (Lipinski definition) is 1. The maximum absolute atomic E-state index is 13.3. The van der Waals surface area contributed by atoms with Crippen molar-refractivity contribution in [2.24, 2.45) is 7.05 Å². The summed E-state index contributed by atoms with van der Waals surface area (Å²) in [7, 11) is -1.68. The first-order chi connectivity index (χ1) is 16.4. The molecule has 1 N–H and O–H groups in total. The van der Waals surface area contributed by atoms with E-state index in [0.717, 1.165) is 27.5 Å². The molecule has 3 aromatic heterocycles. The smallest absolute Gasteiger partial charge is 0.293 e. The number of nitrogens with one attached hydrogen (secondary N) is 1. The topological polar surface area (TPSA) is 98.9 Å². The van der Waals surface area contributed by atoms with Gasteiger partial charge in [-0.3, -0.25) is 23.8 Å². The van der Waals surface area contributed by atoms with Gasteiger partial charge in [-0.25, -0.2) is 13.2 Å². The molecule has 3 heterocycles. The Morgan fingerprint density at radius 3 is 2.50 bits per heavy atom. The average molecular weight is 474 g/mol. The number of benzene rings is 2. The summed E-state index contributed by atoms with van der Waals surface area (Å²) in [6, 6.07) is 16.6. The molecule has 0 aliphatic rings. The molecule has 0 bridgehead atoms. The molecular weight excluding hydrogens is 450 g/mol. The van der Waals surface area contributed by atoms with Gasteiger partial charge in [-0.05, 0) is 54.4 Å². The number of aryl methyl sites for hydroxylation is 1. The molecule has 34 heavy (non-hydrogen) atoms. The molecule has 0 saturated carbocycles. The molecule has 172 valence electrons. The number of nitrogens with zero attached hydrogens (tertiary/aromatic N) is 4. The Bertz CT molecular complexity index is 1670. The molecule has 0 amide bonds. The molecule has 0 saturated heterocycles. The van der Waals surface area contributed by atoms with Gasteiger partial charge in [-0.2, -0.15) is 0 Å². The number of anilines is 1. The molecule has 8 nitrogen and oxygen atoms in total. The molecule has 0 spiro atoms. The lowest BCUT2D eigenvalue weighted by atomic mass is 10.0. The van der Waals surface area contributed by atoms with Crippen LogP contribution in [0.4, 0.5) is 5.69 Å². The van der Waals surface area contributed by atoms with E-state index in [9.17, 15) is 13.2 Å². The Morgan fingerprint density at radius 1 is 1.00 bits per heavy atom. The predicted octanol–water partition coefficient (Wildman–Crippen LogP) is 4.09. The molecule has 0 atom stereocenters. The van der Waals surface area contributed by atoms with Crippen LogP contribution in [0.3, 0.4) is 0 Å². The first-order valence-corrected chi connectivity index (χ1v) is 12.5. The number of hydrogen-bond acceptors (Lipinski definition) is 5. The predicted molar refractivity (Wildman–Crippen MR) is 135 cm³/mol. The van der Waals surface area contributed by atoms with Crippen LogP contribution in [0.15, 0.2) is 78.0 Å². The monoisotopic (exact) mass is 473 g/mol. The van der Waals surface area contributed by atoms with Crippen LogP contribution in [0.5, 0.6) is 0 Å². The first-order valence-electron chi connectivity index (χ1n) is 10.9. The van der Waals surface area contributed by atoms with Crippen LogP contribution in [0.1, 0.15) is 13.3 Å². The van der Waals surface area contributed by atoms with E-state index in [1.807, 2.05) is 37.3 Å². The van der Waals surface area contributed by atoms with E-state index >= 15 is 0 Å². The third kappa shape index (κ3) is 3.84. The van der Waals surface area contributed by atoms with Gasteiger partial charge in [0.05, 0.1) is 34.2 Å². The van der Waals surface area contributed by atoms with Crippen LogP contribution >= 0.6 is 0 Å². The minimum Gasteiger partial charge on any atom is -0.293 e. The average Bonchev–Trinajstić information content (AvgIpc) is 3.10. The second-order valence-corrected chi connectivity index (χ2v) is 9.95. The van der Waals surface area contributed by atoms with Gasteiger partial charge >= 0.3 is 5.69 Å². The third-order valence-corrected chi connectivity index (χ3v) is 7.24. The normalized spacial score (nSPS) is 11.8. The molecule has 5 aromatic rings. The van der Waals surface area contributed by atoms with Crippen molar-refractivity contribution >= 4 is 37.6 Å². The van der Waals surface area contributed by atoms with Gasteiger partial charge in [0, 0.05) is 36.1 Å². The zero-order valence-corrected chi connectivity index (χ0v) is 19.6. The Kier molecular flexibility index (Phi) is 5.41. The summed E-state index contributed by atoms with van der Waals surface area (Å²) in [5.41, 5.74) is 5.02. The largest absolute Gasteiger partial charge is 0.333 e. The van der Waals surface area contributed by atoms with E-state index in [4.69, 9.17) is 0 Å². The summed E-state index contributed by atoms with van der Waals surface area (Å²) in [5.74, 6) is 0.0514. The fraction of sp³-hybridized carbons (Fsp3) is 0.160. The lowest BCUT2D eigenvalue weighted by Gasteiger charge is -2.10. The fourth-order valence-electron chi connectivity index (χ4n) is 4.13. The number of fused-ring (bicyclic) bond motifs is 3. The maximum atomic E-state index is 13.3. The van der Waals surface area contributed by atoms with Crippen LogP contribution in [0, 0.1) is 0 Å². The highest BCUT2D eigenvalue weighted by Gasteiger charge is 2.17. The summed E-state index contributed by atoms with van der Waals surface area (Å²) in [5, 5.41) is 0.837. The molecule has 9 heteroatoms. The van der Waals surface area contributed by atoms with Crippen molar-refractivity contribution in [3.8, 4) is 16.8 Å². The molecule has 0 aliphatic carbocycles. The van der Waals surface area contributed by atoms with Crippen LogP contribution in [-0.4, -0.2) is 33.3 Å². The molecule has 2 aromatic carbocycles. The van der Waals surface area contributed by atoms with Crippen LogP contribution in [-0.2, 0) is 17.1 Å². The van der Waals surface area contributed by atoms with Crippen molar-refractivity contribution in [1.29, 1.82) is 0 Å². The maximum Gasteiger partial charge on any atom is 0.333 e. The van der Waals surface area contributed by atoms with E-state index in [1.54, 1.807) is 59.0 Å². The number of imidazole rings is 1. The Morgan fingerprint density at radius 2 is 1.79 bits per heavy atom. The molecule has 0 aliphatic heterocycles. The van der Waals surface area contributed by atoms with Crippen molar-refractivity contribution in [2.75, 3.05) is 10.5 Å². The number of rotatable bonds is 6.